The van der Waals surface area contributed by atoms with Gasteiger partial charge in [-0.2, -0.15) is 0 Å². The fourth-order valence-electron chi connectivity index (χ4n) is 3.77. The maximum Gasteiger partial charge on any atom is 0.320 e. The van der Waals surface area contributed by atoms with Crippen LogP contribution in [-0.4, -0.2) is 142 Å². The summed E-state index contributed by atoms with van der Waals surface area (Å²) in [6.45, 7) is 13.1. The molecule has 13 heteroatoms. The molecule has 0 saturated carbocycles. The summed E-state index contributed by atoms with van der Waals surface area (Å²) in [4.78, 5) is 44.6. The fraction of sp³-hybridized carbons (Fsp3) is 0.870. The van der Waals surface area contributed by atoms with Crippen LogP contribution < -0.4 is 0 Å². The smallest absolute Gasteiger partial charge is 0.320 e. The highest BCUT2D eigenvalue weighted by molar-refractivity contribution is 7.39. The molecule has 0 spiro atoms. The summed E-state index contributed by atoms with van der Waals surface area (Å²) in [5, 5.41) is 0. The van der Waals surface area contributed by atoms with Crippen LogP contribution >= 0.6 is 8.03 Å². The van der Waals surface area contributed by atoms with Gasteiger partial charge in [0.2, 0.25) is 8.03 Å². The largest absolute Gasteiger partial charge is 0.465 e. The van der Waals surface area contributed by atoms with E-state index in [1.807, 2.05) is 26.5 Å². The molecule has 1 atom stereocenters. The van der Waals surface area contributed by atoms with E-state index in [9.17, 15) is 18.9 Å². The van der Waals surface area contributed by atoms with Gasteiger partial charge in [-0.3, -0.25) is 38.5 Å². The van der Waals surface area contributed by atoms with Crippen molar-refractivity contribution in [3.8, 4) is 0 Å². The lowest BCUT2D eigenvalue weighted by Crippen LogP contribution is -2.48. The standard InChI is InChI=1S/C23H45N4O8P/c1-5-32-21(28)17-24-9-11-25(18-22(29)33-6-2)13-15-27(20-36(31)35-8-4)16-14-26(12-10-24)19-23(30)34-7-3/h36H,5-20H2,1-4H3. The lowest BCUT2D eigenvalue weighted by molar-refractivity contribution is -0.146. The molecule has 0 aliphatic carbocycles. The van der Waals surface area contributed by atoms with Gasteiger partial charge in [0, 0.05) is 52.4 Å². The molecule has 1 rings (SSSR count). The predicted molar refractivity (Wildman–Crippen MR) is 136 cm³/mol. The van der Waals surface area contributed by atoms with E-state index in [4.69, 9.17) is 18.7 Å². The van der Waals surface area contributed by atoms with Gasteiger partial charge in [0.05, 0.1) is 52.3 Å². The van der Waals surface area contributed by atoms with Crippen molar-refractivity contribution in [2.24, 2.45) is 0 Å². The van der Waals surface area contributed by atoms with Crippen LogP contribution in [0.3, 0.4) is 0 Å². The second kappa shape index (κ2) is 19.5. The summed E-state index contributed by atoms with van der Waals surface area (Å²) in [6.07, 6.45) is 0.300. The maximum atomic E-state index is 12.4. The fourth-order valence-corrected chi connectivity index (χ4v) is 4.86. The minimum Gasteiger partial charge on any atom is -0.465 e. The molecule has 36 heavy (non-hydrogen) atoms. The van der Waals surface area contributed by atoms with Gasteiger partial charge < -0.3 is 18.7 Å². The van der Waals surface area contributed by atoms with Gasteiger partial charge in [0.1, 0.15) is 0 Å². The number of carbonyl (C=O) groups excluding carboxylic acids is 3. The second-order valence-corrected chi connectivity index (χ2v) is 9.67. The monoisotopic (exact) mass is 536 g/mol. The lowest BCUT2D eigenvalue weighted by atomic mass is 10.3. The summed E-state index contributed by atoms with van der Waals surface area (Å²) in [7, 11) is -2.23. The second-order valence-electron chi connectivity index (χ2n) is 8.32. The third-order valence-corrected chi connectivity index (χ3v) is 6.88. The summed E-state index contributed by atoms with van der Waals surface area (Å²) in [5.41, 5.74) is 0. The number of nitrogens with zero attached hydrogens (tertiary/aromatic N) is 4. The Morgan fingerprint density at radius 3 is 1.14 bits per heavy atom. The van der Waals surface area contributed by atoms with Gasteiger partial charge in [-0.25, -0.2) is 0 Å². The molecular weight excluding hydrogens is 491 g/mol. The maximum absolute atomic E-state index is 12.4. The number of esters is 3. The first-order chi connectivity index (χ1) is 17.3. The number of hydrogen-bond acceptors (Lipinski definition) is 12. The Morgan fingerprint density at radius 2 is 0.861 bits per heavy atom. The van der Waals surface area contributed by atoms with Gasteiger partial charge in [-0.05, 0) is 27.7 Å². The molecule has 12 nitrogen and oxygen atoms in total. The normalized spacial score (nSPS) is 18.6. The quantitative estimate of drug-likeness (QED) is 0.184. The van der Waals surface area contributed by atoms with Crippen molar-refractivity contribution in [1.82, 2.24) is 19.6 Å². The van der Waals surface area contributed by atoms with Crippen LogP contribution in [0.1, 0.15) is 27.7 Å². The van der Waals surface area contributed by atoms with Gasteiger partial charge >= 0.3 is 17.9 Å². The molecule has 0 amide bonds. The minimum atomic E-state index is -2.23. The highest BCUT2D eigenvalue weighted by Crippen LogP contribution is 2.23. The zero-order valence-electron chi connectivity index (χ0n) is 22.4. The molecule has 0 aromatic heterocycles. The van der Waals surface area contributed by atoms with Crippen molar-refractivity contribution in [2.75, 3.05) is 105 Å². The van der Waals surface area contributed by atoms with E-state index >= 15 is 0 Å². The zero-order valence-corrected chi connectivity index (χ0v) is 23.4. The van der Waals surface area contributed by atoms with Crippen LogP contribution in [-0.2, 0) is 37.7 Å². The Bertz CT molecular complexity index is 556. The van der Waals surface area contributed by atoms with Gasteiger partial charge in [-0.15, -0.1) is 0 Å². The molecule has 1 aliphatic rings. The molecular formula is C23H45N4O8P. The summed E-state index contributed by atoms with van der Waals surface area (Å²) in [5.74, 6) is -0.932. The van der Waals surface area contributed by atoms with Gasteiger partial charge in [0.25, 0.3) is 0 Å². The van der Waals surface area contributed by atoms with E-state index in [1.54, 1.807) is 20.8 Å². The molecule has 0 bridgehead atoms. The van der Waals surface area contributed by atoms with E-state index in [0.29, 0.717) is 85.1 Å². The molecule has 1 fully saturated rings. The van der Waals surface area contributed by atoms with Crippen molar-refractivity contribution in [2.45, 2.75) is 27.7 Å². The minimum absolute atomic E-state index is 0.122. The molecule has 0 radical (unpaired) electrons. The van der Waals surface area contributed by atoms with E-state index in [1.165, 1.54) is 0 Å². The summed E-state index contributed by atoms with van der Waals surface area (Å²) < 4.78 is 33.1. The highest BCUT2D eigenvalue weighted by atomic mass is 31.1. The van der Waals surface area contributed by atoms with Crippen molar-refractivity contribution < 1.29 is 37.7 Å². The number of carbonyl (C=O) groups is 3. The Kier molecular flexibility index (Phi) is 17.6. The number of hydrogen-bond donors (Lipinski definition) is 0. The number of rotatable bonds is 13. The van der Waals surface area contributed by atoms with E-state index < -0.39 is 8.03 Å². The van der Waals surface area contributed by atoms with Crippen molar-refractivity contribution >= 4 is 25.9 Å². The summed E-state index contributed by atoms with van der Waals surface area (Å²) >= 11 is 0. The van der Waals surface area contributed by atoms with Crippen LogP contribution in [0.25, 0.3) is 0 Å². The van der Waals surface area contributed by atoms with Gasteiger partial charge in [0.15, 0.2) is 0 Å². The topological polar surface area (TPSA) is 118 Å². The lowest BCUT2D eigenvalue weighted by Gasteiger charge is -2.33. The molecule has 0 aromatic rings. The van der Waals surface area contributed by atoms with Crippen molar-refractivity contribution in [3.63, 3.8) is 0 Å². The molecule has 1 saturated heterocycles. The summed E-state index contributed by atoms with van der Waals surface area (Å²) in [6, 6.07) is 0. The Morgan fingerprint density at radius 1 is 0.556 bits per heavy atom. The Balaban J connectivity index is 3.03. The SMILES string of the molecule is CCOC(=O)CN1CCN(CC(=O)OCC)CCN(C[PH](=O)OCC)CCN(CC(=O)OCC)CC1. The average molecular weight is 537 g/mol. The third-order valence-electron chi connectivity index (χ3n) is 5.56. The van der Waals surface area contributed by atoms with E-state index in [2.05, 4.69) is 0 Å². The molecule has 0 N–H and O–H groups in total. The Hall–Kier alpha value is -1.56. The zero-order chi connectivity index (χ0) is 26.8. The van der Waals surface area contributed by atoms with Gasteiger partial charge in [-0.1, -0.05) is 0 Å². The van der Waals surface area contributed by atoms with Crippen molar-refractivity contribution in [1.29, 1.82) is 0 Å². The van der Waals surface area contributed by atoms with Crippen LogP contribution in [0.2, 0.25) is 0 Å². The van der Waals surface area contributed by atoms with E-state index in [-0.39, 0.29) is 37.5 Å². The van der Waals surface area contributed by atoms with Crippen molar-refractivity contribution in [3.05, 3.63) is 0 Å². The third kappa shape index (κ3) is 14.9. The van der Waals surface area contributed by atoms with E-state index in [0.717, 1.165) is 0 Å². The molecule has 210 valence electrons. The molecule has 1 heterocycles. The molecule has 1 aliphatic heterocycles. The number of ether oxygens (including phenoxy) is 3. The van der Waals surface area contributed by atoms with Crippen LogP contribution in [0.4, 0.5) is 0 Å². The first-order valence-electron chi connectivity index (χ1n) is 12.8. The van der Waals surface area contributed by atoms with Crippen LogP contribution in [0.15, 0.2) is 0 Å². The highest BCUT2D eigenvalue weighted by Gasteiger charge is 2.22. The Labute approximate surface area is 216 Å². The average Bonchev–Trinajstić information content (AvgIpc) is 2.81. The first-order valence-corrected chi connectivity index (χ1v) is 14.3. The first kappa shape index (κ1) is 32.5. The van der Waals surface area contributed by atoms with Crippen LogP contribution in [0, 0.1) is 0 Å². The molecule has 1 unspecified atom stereocenters. The molecule has 0 aromatic carbocycles. The van der Waals surface area contributed by atoms with Crippen LogP contribution in [0.5, 0.6) is 0 Å². The predicted octanol–water partition coefficient (Wildman–Crippen LogP) is 0.366.